The molecule has 98 valence electrons. The lowest BCUT2D eigenvalue weighted by Crippen LogP contribution is -2.27. The molecule has 7 heteroatoms. The van der Waals surface area contributed by atoms with Crippen molar-refractivity contribution < 1.29 is 32.2 Å². The molecule has 0 aliphatic rings. The van der Waals surface area contributed by atoms with Gasteiger partial charge in [-0.25, -0.2) is 9.59 Å². The summed E-state index contributed by atoms with van der Waals surface area (Å²) in [4.78, 5) is 22.1. The second-order valence-electron chi connectivity index (χ2n) is 3.36. The van der Waals surface area contributed by atoms with Crippen LogP contribution in [0.4, 0.5) is 13.2 Å². The van der Waals surface area contributed by atoms with Crippen molar-refractivity contribution in [1.29, 1.82) is 0 Å². The van der Waals surface area contributed by atoms with Crippen molar-refractivity contribution in [3.8, 4) is 0 Å². The Morgan fingerprint density at radius 2 is 1.88 bits per heavy atom. The number of hydrogen-bond donors (Lipinski definition) is 0. The summed E-state index contributed by atoms with van der Waals surface area (Å²) in [7, 11) is 0. The first-order valence-corrected chi connectivity index (χ1v) is 4.73. The lowest BCUT2D eigenvalue weighted by Gasteiger charge is -2.13. The molecule has 0 amide bonds. The van der Waals surface area contributed by atoms with Gasteiger partial charge in [-0.15, -0.1) is 0 Å². The monoisotopic (exact) mass is 254 g/mol. The fourth-order valence-corrected chi connectivity index (χ4v) is 0.694. The summed E-state index contributed by atoms with van der Waals surface area (Å²) in [6.07, 6.45) is -6.88. The minimum atomic E-state index is -4.39. The molecule has 1 atom stereocenters. The zero-order valence-electron chi connectivity index (χ0n) is 9.47. The molecule has 0 aromatic carbocycles. The van der Waals surface area contributed by atoms with Gasteiger partial charge in [0, 0.05) is 5.57 Å². The predicted molar refractivity (Wildman–Crippen MR) is 52.0 cm³/mol. The van der Waals surface area contributed by atoms with E-state index in [2.05, 4.69) is 16.1 Å². The number of carbonyl (C=O) groups is 2. The minimum Gasteiger partial charge on any atom is -0.463 e. The Hall–Kier alpha value is -1.53. The van der Waals surface area contributed by atoms with Gasteiger partial charge in [-0.05, 0) is 13.8 Å². The molecule has 0 radical (unpaired) electrons. The molecule has 0 aromatic heterocycles. The first-order chi connectivity index (χ1) is 7.63. The number of ether oxygens (including phenoxy) is 2. The van der Waals surface area contributed by atoms with Crippen LogP contribution in [0.1, 0.15) is 20.3 Å². The van der Waals surface area contributed by atoms with Gasteiger partial charge in [-0.2, -0.15) is 13.2 Å². The lowest BCUT2D eigenvalue weighted by molar-refractivity contribution is -0.171. The zero-order valence-corrected chi connectivity index (χ0v) is 9.47. The highest BCUT2D eigenvalue weighted by atomic mass is 19.4. The molecule has 0 saturated heterocycles. The first kappa shape index (κ1) is 15.5. The summed E-state index contributed by atoms with van der Waals surface area (Å²) >= 11 is 0. The van der Waals surface area contributed by atoms with Crippen LogP contribution < -0.4 is 0 Å². The summed E-state index contributed by atoms with van der Waals surface area (Å²) in [5.41, 5.74) is 0.0833. The molecule has 17 heavy (non-hydrogen) atoms. The Balaban J connectivity index is 3.99. The highest BCUT2D eigenvalue weighted by Crippen LogP contribution is 2.19. The maximum Gasteiger partial charge on any atom is 0.392 e. The van der Waals surface area contributed by atoms with Gasteiger partial charge in [0.2, 0.25) is 0 Å². The van der Waals surface area contributed by atoms with Crippen LogP contribution >= 0.6 is 0 Å². The number of carbonyl (C=O) groups excluding carboxylic acids is 2. The van der Waals surface area contributed by atoms with Crippen molar-refractivity contribution in [2.45, 2.75) is 32.5 Å². The van der Waals surface area contributed by atoms with E-state index in [0.29, 0.717) is 0 Å². The van der Waals surface area contributed by atoms with E-state index >= 15 is 0 Å². The number of rotatable bonds is 5. The van der Waals surface area contributed by atoms with E-state index in [-0.39, 0.29) is 5.57 Å². The third kappa shape index (κ3) is 7.37. The van der Waals surface area contributed by atoms with E-state index in [1.165, 1.54) is 13.8 Å². The lowest BCUT2D eigenvalue weighted by atomic mass is 10.3. The van der Waals surface area contributed by atoms with Crippen molar-refractivity contribution in [1.82, 2.24) is 0 Å². The van der Waals surface area contributed by atoms with Crippen molar-refractivity contribution in [2.24, 2.45) is 0 Å². The zero-order chi connectivity index (χ0) is 13.6. The Morgan fingerprint density at radius 3 is 2.29 bits per heavy atom. The van der Waals surface area contributed by atoms with Gasteiger partial charge >= 0.3 is 18.1 Å². The summed E-state index contributed by atoms with van der Waals surface area (Å²) < 4.78 is 44.1. The molecule has 0 aliphatic carbocycles. The minimum absolute atomic E-state index is 0.0833. The second-order valence-corrected chi connectivity index (χ2v) is 3.36. The van der Waals surface area contributed by atoms with Crippen molar-refractivity contribution in [2.75, 3.05) is 6.61 Å². The first-order valence-electron chi connectivity index (χ1n) is 4.73. The normalized spacial score (nSPS) is 12.8. The molecule has 0 heterocycles. The smallest absolute Gasteiger partial charge is 0.392 e. The van der Waals surface area contributed by atoms with E-state index in [1.54, 1.807) is 0 Å². The third-order valence-corrected chi connectivity index (χ3v) is 1.59. The average molecular weight is 254 g/mol. The molecular formula is C10H13F3O4. The molecule has 1 unspecified atom stereocenters. The van der Waals surface area contributed by atoms with E-state index in [1.807, 2.05) is 0 Å². The topological polar surface area (TPSA) is 52.6 Å². The highest BCUT2D eigenvalue weighted by molar-refractivity contribution is 5.89. The van der Waals surface area contributed by atoms with Crippen LogP contribution in [0.25, 0.3) is 0 Å². The van der Waals surface area contributed by atoms with Crippen LogP contribution in [-0.4, -0.2) is 30.8 Å². The van der Waals surface area contributed by atoms with Crippen molar-refractivity contribution >= 4 is 11.9 Å². The quantitative estimate of drug-likeness (QED) is 0.556. The maximum atomic E-state index is 11.7. The Morgan fingerprint density at radius 1 is 1.35 bits per heavy atom. The molecule has 0 bridgehead atoms. The standard InChI is InChI=1S/C10H13F3O4/c1-6(2)8(14)17-7(3)9(15)16-5-4-10(11,12)13/h7H,1,4-5H2,2-3H3. The predicted octanol–water partition coefficient (Wildman–Crippen LogP) is 1.99. The molecule has 0 fully saturated rings. The van der Waals surface area contributed by atoms with Gasteiger partial charge in [-0.3, -0.25) is 0 Å². The van der Waals surface area contributed by atoms with Crippen LogP contribution in [0.15, 0.2) is 12.2 Å². The van der Waals surface area contributed by atoms with Gasteiger partial charge < -0.3 is 9.47 Å². The van der Waals surface area contributed by atoms with Crippen LogP contribution in [-0.2, 0) is 19.1 Å². The van der Waals surface area contributed by atoms with Crippen LogP contribution in [0.2, 0.25) is 0 Å². The van der Waals surface area contributed by atoms with Crippen LogP contribution in [0.5, 0.6) is 0 Å². The molecule has 0 N–H and O–H groups in total. The Kier molecular flexibility index (Phi) is 5.70. The molecular weight excluding hydrogens is 241 g/mol. The van der Waals surface area contributed by atoms with E-state index in [0.717, 1.165) is 0 Å². The molecule has 4 nitrogen and oxygen atoms in total. The van der Waals surface area contributed by atoms with E-state index in [9.17, 15) is 22.8 Å². The Bertz CT molecular complexity index is 309. The summed E-state index contributed by atoms with van der Waals surface area (Å²) in [5.74, 6) is -1.82. The number of halogens is 3. The van der Waals surface area contributed by atoms with Crippen molar-refractivity contribution in [3.05, 3.63) is 12.2 Å². The molecule has 0 spiro atoms. The summed E-state index contributed by atoms with van der Waals surface area (Å²) in [5, 5.41) is 0. The van der Waals surface area contributed by atoms with Crippen LogP contribution in [0, 0.1) is 0 Å². The SMILES string of the molecule is C=C(C)C(=O)OC(C)C(=O)OCCC(F)(F)F. The summed E-state index contributed by atoms with van der Waals surface area (Å²) in [6.45, 7) is 5.08. The number of alkyl halides is 3. The molecule has 0 rings (SSSR count). The van der Waals surface area contributed by atoms with Gasteiger partial charge in [0.05, 0.1) is 6.42 Å². The Labute approximate surface area is 96.4 Å². The number of esters is 2. The van der Waals surface area contributed by atoms with Gasteiger partial charge in [0.1, 0.15) is 6.61 Å². The fraction of sp³-hybridized carbons (Fsp3) is 0.600. The third-order valence-electron chi connectivity index (χ3n) is 1.59. The van der Waals surface area contributed by atoms with E-state index in [4.69, 9.17) is 0 Å². The summed E-state index contributed by atoms with van der Waals surface area (Å²) in [6, 6.07) is 0. The van der Waals surface area contributed by atoms with E-state index < -0.39 is 37.2 Å². The second kappa shape index (κ2) is 6.27. The average Bonchev–Trinajstić information content (AvgIpc) is 2.15. The van der Waals surface area contributed by atoms with Gasteiger partial charge in [0.25, 0.3) is 0 Å². The van der Waals surface area contributed by atoms with Gasteiger partial charge in [0.15, 0.2) is 6.10 Å². The molecule has 0 saturated carbocycles. The number of hydrogen-bond acceptors (Lipinski definition) is 4. The maximum absolute atomic E-state index is 11.7. The highest BCUT2D eigenvalue weighted by Gasteiger charge is 2.28. The van der Waals surface area contributed by atoms with Crippen molar-refractivity contribution in [3.63, 3.8) is 0 Å². The molecule has 0 aromatic rings. The molecule has 0 aliphatic heterocycles. The fourth-order valence-electron chi connectivity index (χ4n) is 0.694. The largest absolute Gasteiger partial charge is 0.463 e. The van der Waals surface area contributed by atoms with Crippen LogP contribution in [0.3, 0.4) is 0 Å². The van der Waals surface area contributed by atoms with Gasteiger partial charge in [-0.1, -0.05) is 6.58 Å².